The topological polar surface area (TPSA) is 78.2 Å². The molecular formula is C5H12ClNO3S. The van der Waals surface area contributed by atoms with Crippen LogP contribution in [0.3, 0.4) is 0 Å². The largest absolute Gasteiger partial charge is 0.480 e. The molecule has 0 aliphatic rings. The standard InChI is InChI=1S/C5H11NO3S.ClH/c1-5(2,4(7)8)10(3,6)9;/h6H,1-3H3,(H,7,8);1H. The van der Waals surface area contributed by atoms with Crippen LogP contribution in [0.4, 0.5) is 0 Å². The third kappa shape index (κ3) is 2.67. The number of nitrogens with one attached hydrogen (secondary N) is 1. The molecule has 0 spiro atoms. The van der Waals surface area contributed by atoms with Gasteiger partial charge in [-0.3, -0.25) is 9.57 Å². The lowest BCUT2D eigenvalue weighted by Crippen LogP contribution is -2.38. The van der Waals surface area contributed by atoms with Gasteiger partial charge < -0.3 is 5.11 Å². The van der Waals surface area contributed by atoms with Gasteiger partial charge in [-0.25, -0.2) is 4.21 Å². The molecule has 0 saturated carbocycles. The molecule has 0 aliphatic carbocycles. The summed E-state index contributed by atoms with van der Waals surface area (Å²) >= 11 is 0. The fourth-order valence-corrected chi connectivity index (χ4v) is 0.500. The second-order valence-corrected chi connectivity index (χ2v) is 5.37. The molecule has 11 heavy (non-hydrogen) atoms. The van der Waals surface area contributed by atoms with Gasteiger partial charge in [0.2, 0.25) is 0 Å². The number of rotatable bonds is 2. The predicted octanol–water partition coefficient (Wildman–Crippen LogP) is 0.948. The fourth-order valence-electron chi connectivity index (χ4n) is 0.167. The van der Waals surface area contributed by atoms with Crippen molar-refractivity contribution in [1.82, 2.24) is 0 Å². The van der Waals surface area contributed by atoms with Crippen molar-refractivity contribution in [3.05, 3.63) is 0 Å². The van der Waals surface area contributed by atoms with E-state index in [9.17, 15) is 9.00 Å². The van der Waals surface area contributed by atoms with E-state index in [-0.39, 0.29) is 12.4 Å². The molecular weight excluding hydrogens is 190 g/mol. The lowest BCUT2D eigenvalue weighted by Gasteiger charge is -2.18. The highest BCUT2D eigenvalue weighted by molar-refractivity contribution is 7.93. The number of carbonyl (C=O) groups is 1. The van der Waals surface area contributed by atoms with Crippen molar-refractivity contribution in [3.8, 4) is 0 Å². The highest BCUT2D eigenvalue weighted by Crippen LogP contribution is 2.15. The zero-order valence-electron chi connectivity index (χ0n) is 6.58. The van der Waals surface area contributed by atoms with E-state index >= 15 is 0 Å². The molecule has 0 saturated heterocycles. The molecule has 0 fully saturated rings. The van der Waals surface area contributed by atoms with Crippen molar-refractivity contribution in [2.45, 2.75) is 18.6 Å². The van der Waals surface area contributed by atoms with Crippen LogP contribution >= 0.6 is 12.4 Å². The molecule has 0 rings (SSSR count). The van der Waals surface area contributed by atoms with Crippen molar-refractivity contribution in [3.63, 3.8) is 0 Å². The average Bonchev–Trinajstić information content (AvgIpc) is 1.62. The summed E-state index contributed by atoms with van der Waals surface area (Å²) < 4.78 is 16.5. The van der Waals surface area contributed by atoms with E-state index in [1.807, 2.05) is 0 Å². The van der Waals surface area contributed by atoms with Gasteiger partial charge in [0.15, 0.2) is 0 Å². The maximum atomic E-state index is 10.9. The molecule has 0 amide bonds. The number of carboxylic acid groups (broad SMARTS) is 1. The van der Waals surface area contributed by atoms with Gasteiger partial charge in [0.25, 0.3) is 0 Å². The Labute approximate surface area is 72.4 Å². The van der Waals surface area contributed by atoms with E-state index in [0.29, 0.717) is 0 Å². The summed E-state index contributed by atoms with van der Waals surface area (Å²) in [5.41, 5.74) is 0. The molecule has 0 radical (unpaired) electrons. The van der Waals surface area contributed by atoms with Crippen molar-refractivity contribution >= 4 is 28.1 Å². The Hall–Kier alpha value is -0.290. The lowest BCUT2D eigenvalue weighted by molar-refractivity contribution is -0.139. The van der Waals surface area contributed by atoms with E-state index in [1.54, 1.807) is 0 Å². The van der Waals surface area contributed by atoms with E-state index in [4.69, 9.17) is 9.89 Å². The van der Waals surface area contributed by atoms with Gasteiger partial charge >= 0.3 is 5.97 Å². The first-order valence-electron chi connectivity index (χ1n) is 2.66. The fraction of sp³-hybridized carbons (Fsp3) is 0.800. The van der Waals surface area contributed by atoms with Crippen LogP contribution in [-0.2, 0) is 14.5 Å². The third-order valence-electron chi connectivity index (χ3n) is 1.49. The monoisotopic (exact) mass is 201 g/mol. The van der Waals surface area contributed by atoms with Crippen molar-refractivity contribution < 1.29 is 14.1 Å². The van der Waals surface area contributed by atoms with Gasteiger partial charge in [0.05, 0.1) is 9.73 Å². The lowest BCUT2D eigenvalue weighted by atomic mass is 10.2. The van der Waals surface area contributed by atoms with Crippen molar-refractivity contribution in [2.24, 2.45) is 0 Å². The Kier molecular flexibility index (Phi) is 4.12. The number of aliphatic carboxylic acids is 1. The molecule has 0 heterocycles. The molecule has 1 unspecified atom stereocenters. The molecule has 6 heteroatoms. The number of hydrogen-bond acceptors (Lipinski definition) is 3. The summed E-state index contributed by atoms with van der Waals surface area (Å²) in [6.45, 7) is 2.56. The minimum atomic E-state index is -3.00. The number of halogens is 1. The molecule has 0 bridgehead atoms. The number of hydrogen-bond donors (Lipinski definition) is 2. The first kappa shape index (κ1) is 13.3. The summed E-state index contributed by atoms with van der Waals surface area (Å²) in [4.78, 5) is 10.4. The van der Waals surface area contributed by atoms with Crippen LogP contribution in [0.15, 0.2) is 0 Å². The van der Waals surface area contributed by atoms with E-state index < -0.39 is 20.4 Å². The smallest absolute Gasteiger partial charge is 0.322 e. The van der Waals surface area contributed by atoms with Gasteiger partial charge in [-0.1, -0.05) is 0 Å². The summed E-state index contributed by atoms with van der Waals surface area (Å²) in [5.74, 6) is -1.20. The summed E-state index contributed by atoms with van der Waals surface area (Å²) in [6, 6.07) is 0. The van der Waals surface area contributed by atoms with E-state index in [0.717, 1.165) is 6.26 Å². The molecule has 4 nitrogen and oxygen atoms in total. The van der Waals surface area contributed by atoms with Crippen LogP contribution < -0.4 is 0 Å². The van der Waals surface area contributed by atoms with Crippen LogP contribution in [0.2, 0.25) is 0 Å². The molecule has 2 N–H and O–H groups in total. The summed E-state index contributed by atoms with van der Waals surface area (Å²) in [6.07, 6.45) is 1.13. The first-order valence-corrected chi connectivity index (χ1v) is 4.63. The highest BCUT2D eigenvalue weighted by atomic mass is 35.5. The molecule has 68 valence electrons. The van der Waals surface area contributed by atoms with Gasteiger partial charge in [0.1, 0.15) is 4.75 Å². The molecule has 0 aromatic heterocycles. The SMILES string of the molecule is CC(C)(C(=O)O)S(C)(=N)=O.Cl. The normalized spacial score (nSPS) is 16.3. The highest BCUT2D eigenvalue weighted by Gasteiger charge is 2.35. The minimum Gasteiger partial charge on any atom is -0.480 e. The minimum absolute atomic E-state index is 0. The van der Waals surface area contributed by atoms with Crippen LogP contribution in [0.25, 0.3) is 0 Å². The maximum Gasteiger partial charge on any atom is 0.322 e. The van der Waals surface area contributed by atoms with E-state index in [1.165, 1.54) is 13.8 Å². The zero-order valence-corrected chi connectivity index (χ0v) is 8.21. The summed E-state index contributed by atoms with van der Waals surface area (Å²) in [5, 5.41) is 8.48. The van der Waals surface area contributed by atoms with Gasteiger partial charge in [0, 0.05) is 6.26 Å². The van der Waals surface area contributed by atoms with Crippen LogP contribution in [-0.4, -0.2) is 26.3 Å². The molecule has 0 aliphatic heterocycles. The Morgan fingerprint density at radius 2 is 1.82 bits per heavy atom. The van der Waals surface area contributed by atoms with Crippen molar-refractivity contribution in [1.29, 1.82) is 4.78 Å². The second-order valence-electron chi connectivity index (χ2n) is 2.66. The third-order valence-corrected chi connectivity index (χ3v) is 3.61. The molecule has 0 aromatic carbocycles. The average molecular weight is 202 g/mol. The summed E-state index contributed by atoms with van der Waals surface area (Å²) in [7, 11) is -3.00. The van der Waals surface area contributed by atoms with Crippen molar-refractivity contribution in [2.75, 3.05) is 6.26 Å². The second kappa shape index (κ2) is 3.40. The molecule has 0 aromatic rings. The predicted molar refractivity (Wildman–Crippen MR) is 45.7 cm³/mol. The quantitative estimate of drug-likeness (QED) is 0.698. The maximum absolute atomic E-state index is 10.9. The Morgan fingerprint density at radius 1 is 1.55 bits per heavy atom. The van der Waals surface area contributed by atoms with Crippen LogP contribution in [0.1, 0.15) is 13.8 Å². The zero-order chi connectivity index (χ0) is 8.58. The van der Waals surface area contributed by atoms with Gasteiger partial charge in [-0.15, -0.1) is 12.4 Å². The van der Waals surface area contributed by atoms with Crippen LogP contribution in [0.5, 0.6) is 0 Å². The van der Waals surface area contributed by atoms with E-state index in [2.05, 4.69) is 0 Å². The van der Waals surface area contributed by atoms with Gasteiger partial charge in [-0.05, 0) is 13.8 Å². The number of carboxylic acids is 1. The Morgan fingerprint density at radius 3 is 1.82 bits per heavy atom. The molecule has 1 atom stereocenters. The van der Waals surface area contributed by atoms with Gasteiger partial charge in [-0.2, -0.15) is 0 Å². The Balaban J connectivity index is 0. The first-order chi connectivity index (χ1) is 4.19. The van der Waals surface area contributed by atoms with Crippen LogP contribution in [0, 0.1) is 4.78 Å². The Bertz CT molecular complexity index is 244.